The van der Waals surface area contributed by atoms with Crippen molar-refractivity contribution < 1.29 is 24.2 Å². The number of nitrogens with two attached hydrogens (primary N) is 1. The van der Waals surface area contributed by atoms with Crippen molar-refractivity contribution in [1.82, 2.24) is 15.5 Å². The normalized spacial score (nSPS) is 20.1. The lowest BCUT2D eigenvalue weighted by Crippen LogP contribution is -2.55. The number of halogens is 1. The van der Waals surface area contributed by atoms with Crippen molar-refractivity contribution in [2.75, 3.05) is 46.1 Å². The van der Waals surface area contributed by atoms with E-state index in [9.17, 15) is 9.59 Å². The second kappa shape index (κ2) is 9.63. The Bertz CT molecular complexity index is 688. The molecule has 2 atom stereocenters. The number of hydrogen-bond donors (Lipinski definition) is 4. The van der Waals surface area contributed by atoms with E-state index in [4.69, 9.17) is 31.9 Å². The number of carbonyl (C=O) groups is 2. The van der Waals surface area contributed by atoms with E-state index in [1.165, 1.54) is 19.2 Å². The van der Waals surface area contributed by atoms with Crippen LogP contribution in [0.25, 0.3) is 0 Å². The van der Waals surface area contributed by atoms with Crippen LogP contribution in [0.5, 0.6) is 5.75 Å². The van der Waals surface area contributed by atoms with Gasteiger partial charge in [0.2, 0.25) is 0 Å². The minimum atomic E-state index is -1.04. The van der Waals surface area contributed by atoms with E-state index in [-0.39, 0.29) is 23.1 Å². The molecule has 9 nitrogen and oxygen atoms in total. The summed E-state index contributed by atoms with van der Waals surface area (Å²) in [6.07, 6.45) is -0.596. The predicted octanol–water partition coefficient (Wildman–Crippen LogP) is 1.02. The van der Waals surface area contributed by atoms with Gasteiger partial charge in [0.15, 0.2) is 0 Å². The molecule has 1 aromatic carbocycles. The fourth-order valence-electron chi connectivity index (χ4n) is 3.07. The summed E-state index contributed by atoms with van der Waals surface area (Å²) in [5, 5.41) is 14.2. The number of carboxylic acid groups (broad SMARTS) is 1. The van der Waals surface area contributed by atoms with Gasteiger partial charge in [-0.2, -0.15) is 0 Å². The first-order valence-corrected chi connectivity index (χ1v) is 8.89. The van der Waals surface area contributed by atoms with E-state index < -0.39 is 6.09 Å². The number of likely N-dealkylation sites (tertiary alicyclic amines) is 1. The highest BCUT2D eigenvalue weighted by atomic mass is 35.5. The number of piperidine rings is 1. The van der Waals surface area contributed by atoms with Crippen molar-refractivity contribution >= 4 is 29.3 Å². The van der Waals surface area contributed by atoms with Crippen LogP contribution in [-0.4, -0.2) is 74.6 Å². The molecule has 0 radical (unpaired) electrons. The third-order valence-corrected chi connectivity index (χ3v) is 4.86. The highest BCUT2D eigenvalue weighted by Gasteiger charge is 2.31. The van der Waals surface area contributed by atoms with Crippen molar-refractivity contribution in [3.8, 4) is 5.75 Å². The maximum atomic E-state index is 12.7. The van der Waals surface area contributed by atoms with Gasteiger partial charge in [0.05, 0.1) is 35.5 Å². The van der Waals surface area contributed by atoms with Gasteiger partial charge in [-0.05, 0) is 12.5 Å². The number of ether oxygens (including phenoxy) is 2. The molecule has 1 fully saturated rings. The number of hydrogen-bond acceptors (Lipinski definition) is 6. The maximum Gasteiger partial charge on any atom is 0.404 e. The largest absolute Gasteiger partial charge is 0.496 e. The second-order valence-corrected chi connectivity index (χ2v) is 6.66. The second-order valence-electron chi connectivity index (χ2n) is 6.25. The number of nitrogen functional groups attached to an aromatic ring is 1. The monoisotopic (exact) mass is 400 g/mol. The molecule has 1 aromatic rings. The van der Waals surface area contributed by atoms with E-state index in [2.05, 4.69) is 15.5 Å². The minimum absolute atomic E-state index is 0.188. The molecule has 2 amide bonds. The molecule has 1 aliphatic heterocycles. The number of methoxy groups -OCH3 is 2. The molecule has 5 N–H and O–H groups in total. The zero-order chi connectivity index (χ0) is 20.0. The van der Waals surface area contributed by atoms with Gasteiger partial charge in [-0.3, -0.25) is 9.69 Å². The van der Waals surface area contributed by atoms with Crippen LogP contribution >= 0.6 is 11.6 Å². The quantitative estimate of drug-likeness (QED) is 0.503. The Kier molecular flexibility index (Phi) is 7.52. The lowest BCUT2D eigenvalue weighted by atomic mass is 10.0. The number of benzene rings is 1. The number of rotatable bonds is 7. The van der Waals surface area contributed by atoms with Gasteiger partial charge in [-0.1, -0.05) is 11.6 Å². The maximum absolute atomic E-state index is 12.7. The molecular formula is C17H25ClN4O5. The van der Waals surface area contributed by atoms with Gasteiger partial charge >= 0.3 is 6.09 Å². The molecule has 0 aliphatic carbocycles. The van der Waals surface area contributed by atoms with Crippen LogP contribution in [0, 0.1) is 0 Å². The Hall–Kier alpha value is -2.23. The summed E-state index contributed by atoms with van der Waals surface area (Å²) in [6, 6.07) is 2.81. The Morgan fingerprint density at radius 1 is 1.41 bits per heavy atom. The van der Waals surface area contributed by atoms with Crippen molar-refractivity contribution in [3.05, 3.63) is 22.7 Å². The lowest BCUT2D eigenvalue weighted by molar-refractivity contribution is 0.00685. The van der Waals surface area contributed by atoms with Crippen molar-refractivity contribution in [2.24, 2.45) is 0 Å². The molecule has 0 saturated carbocycles. The van der Waals surface area contributed by atoms with E-state index in [1.54, 1.807) is 7.11 Å². The van der Waals surface area contributed by atoms with E-state index in [0.717, 1.165) is 0 Å². The number of nitrogens with zero attached hydrogens (tertiary/aromatic N) is 1. The number of anilines is 1. The summed E-state index contributed by atoms with van der Waals surface area (Å²) in [5.74, 6) is 0.0299. The zero-order valence-electron chi connectivity index (χ0n) is 15.3. The summed E-state index contributed by atoms with van der Waals surface area (Å²) in [7, 11) is 3.05. The van der Waals surface area contributed by atoms with Crippen LogP contribution in [0.2, 0.25) is 5.02 Å². The first kappa shape index (κ1) is 21.1. The van der Waals surface area contributed by atoms with Crippen LogP contribution in [0.4, 0.5) is 10.5 Å². The van der Waals surface area contributed by atoms with Crippen LogP contribution < -0.4 is 21.1 Å². The molecule has 27 heavy (non-hydrogen) atoms. The van der Waals surface area contributed by atoms with Crippen molar-refractivity contribution in [2.45, 2.75) is 18.6 Å². The Morgan fingerprint density at radius 2 is 2.15 bits per heavy atom. The summed E-state index contributed by atoms with van der Waals surface area (Å²) in [6.45, 7) is 2.21. The van der Waals surface area contributed by atoms with Gasteiger partial charge in [-0.25, -0.2) is 4.79 Å². The van der Waals surface area contributed by atoms with Gasteiger partial charge in [-0.15, -0.1) is 0 Å². The van der Waals surface area contributed by atoms with Crippen LogP contribution in [-0.2, 0) is 4.74 Å². The Labute approximate surface area is 162 Å². The van der Waals surface area contributed by atoms with E-state index >= 15 is 0 Å². The fourth-order valence-corrected chi connectivity index (χ4v) is 3.23. The van der Waals surface area contributed by atoms with Crippen molar-refractivity contribution in [1.29, 1.82) is 0 Å². The third kappa shape index (κ3) is 5.62. The topological polar surface area (TPSA) is 126 Å². The van der Waals surface area contributed by atoms with Gasteiger partial charge < -0.3 is 30.9 Å². The highest BCUT2D eigenvalue weighted by molar-refractivity contribution is 6.33. The average Bonchev–Trinajstić information content (AvgIpc) is 2.64. The zero-order valence-corrected chi connectivity index (χ0v) is 16.1. The molecule has 150 valence electrons. The minimum Gasteiger partial charge on any atom is -0.496 e. The lowest BCUT2D eigenvalue weighted by Gasteiger charge is -2.38. The summed E-state index contributed by atoms with van der Waals surface area (Å²) in [4.78, 5) is 25.3. The number of amides is 2. The molecule has 0 aromatic heterocycles. The molecule has 0 bridgehead atoms. The molecule has 10 heteroatoms. The van der Waals surface area contributed by atoms with E-state index in [1.807, 2.05) is 0 Å². The summed E-state index contributed by atoms with van der Waals surface area (Å²) in [5.41, 5.74) is 6.40. The first-order valence-electron chi connectivity index (χ1n) is 8.51. The summed E-state index contributed by atoms with van der Waals surface area (Å²) >= 11 is 6.04. The molecule has 0 unspecified atom stereocenters. The van der Waals surface area contributed by atoms with E-state index in [0.29, 0.717) is 49.6 Å². The molecule has 1 aliphatic rings. The molecule has 2 rings (SSSR count). The molecular weight excluding hydrogens is 376 g/mol. The van der Waals surface area contributed by atoms with Gasteiger partial charge in [0, 0.05) is 39.4 Å². The molecule has 0 spiro atoms. The Balaban J connectivity index is 2.00. The number of carbonyl (C=O) groups excluding carboxylic acids is 1. The average molecular weight is 401 g/mol. The van der Waals surface area contributed by atoms with Gasteiger partial charge in [0.25, 0.3) is 5.91 Å². The highest BCUT2D eigenvalue weighted by Crippen LogP contribution is 2.29. The predicted molar refractivity (Wildman–Crippen MR) is 102 cm³/mol. The van der Waals surface area contributed by atoms with Crippen LogP contribution in [0.3, 0.4) is 0 Å². The third-order valence-electron chi connectivity index (χ3n) is 4.53. The smallest absolute Gasteiger partial charge is 0.404 e. The Morgan fingerprint density at radius 3 is 2.78 bits per heavy atom. The molecule has 1 saturated heterocycles. The first-order chi connectivity index (χ1) is 12.8. The SMILES string of the molecule is COc1cc(N)c(Cl)cc1C(=O)N[C@H]1CCN(CCNC(=O)O)C[C@H]1OC. The number of nitrogens with one attached hydrogen (secondary N) is 2. The van der Waals surface area contributed by atoms with Gasteiger partial charge in [0.1, 0.15) is 5.75 Å². The fraction of sp³-hybridized carbons (Fsp3) is 0.529. The standard InChI is InChI=1S/C17H25ClN4O5/c1-26-14-8-12(19)11(18)7-10(14)16(23)21-13-3-5-22(9-15(13)27-2)6-4-20-17(24)25/h7-8,13,15,20H,3-6,9,19H2,1-2H3,(H,21,23)(H,24,25)/t13-,15+/m0/s1. The van der Waals surface area contributed by atoms with Crippen LogP contribution in [0.1, 0.15) is 16.8 Å². The molecule has 1 heterocycles. The van der Waals surface area contributed by atoms with Crippen molar-refractivity contribution in [3.63, 3.8) is 0 Å². The summed E-state index contributed by atoms with van der Waals surface area (Å²) < 4.78 is 10.8. The van der Waals surface area contributed by atoms with Crippen LogP contribution in [0.15, 0.2) is 12.1 Å².